The Morgan fingerprint density at radius 1 is 1.40 bits per heavy atom. The van der Waals surface area contributed by atoms with E-state index < -0.39 is 0 Å². The maximum Gasteiger partial charge on any atom is 0.222 e. The topological polar surface area (TPSA) is 42.0 Å². The molecular weight excluding hydrogens is 188 g/mol. The molecule has 0 aliphatic rings. The number of nitrogens with one attached hydrogen (secondary N) is 1. The van der Waals surface area contributed by atoms with Crippen LogP contribution in [0.2, 0.25) is 0 Å². The van der Waals surface area contributed by atoms with Crippen molar-refractivity contribution in [2.45, 2.75) is 40.0 Å². The van der Waals surface area contributed by atoms with E-state index in [1.54, 1.807) is 6.20 Å². The molecule has 0 fully saturated rings. The minimum atomic E-state index is -0.0862. The number of carbonyl (C=O) groups is 1. The van der Waals surface area contributed by atoms with Crippen molar-refractivity contribution in [1.29, 1.82) is 0 Å². The molecule has 0 aromatic carbocycles. The van der Waals surface area contributed by atoms with Crippen LogP contribution < -0.4 is 5.32 Å². The quantitative estimate of drug-likeness (QED) is 0.767. The number of aromatic nitrogens is 1. The van der Waals surface area contributed by atoms with Crippen molar-refractivity contribution in [1.82, 2.24) is 4.98 Å². The summed E-state index contributed by atoms with van der Waals surface area (Å²) in [5, 5.41) is 2.76. The average molecular weight is 206 g/mol. The molecule has 82 valence electrons. The Balaban J connectivity index is 3.20. The zero-order valence-electron chi connectivity index (χ0n) is 10.0. The van der Waals surface area contributed by atoms with Gasteiger partial charge in [-0.2, -0.15) is 0 Å². The number of rotatable bonds is 1. The molecule has 0 radical (unpaired) electrons. The second kappa shape index (κ2) is 4.01. The van der Waals surface area contributed by atoms with Gasteiger partial charge >= 0.3 is 0 Å². The molecule has 1 aromatic heterocycles. The third-order valence-corrected chi connectivity index (χ3v) is 2.13. The van der Waals surface area contributed by atoms with E-state index in [4.69, 9.17) is 0 Å². The molecular formula is C12H18N2O. The summed E-state index contributed by atoms with van der Waals surface area (Å²) in [6.07, 6.45) is 1.76. The molecule has 1 heterocycles. The normalized spacial score (nSPS) is 11.3. The molecule has 0 aliphatic carbocycles. The fourth-order valence-electron chi connectivity index (χ4n) is 1.41. The third kappa shape index (κ3) is 3.05. The second-order valence-corrected chi connectivity index (χ2v) is 4.84. The van der Waals surface area contributed by atoms with E-state index >= 15 is 0 Å². The second-order valence-electron chi connectivity index (χ2n) is 4.84. The first-order chi connectivity index (χ1) is 6.80. The van der Waals surface area contributed by atoms with Crippen molar-refractivity contribution in [3.8, 4) is 0 Å². The minimum Gasteiger partial charge on any atom is -0.311 e. The summed E-state index contributed by atoms with van der Waals surface area (Å²) in [6, 6.07) is 2.07. The number of nitrogens with zero attached hydrogens (tertiary/aromatic N) is 1. The molecule has 0 aliphatic heterocycles. The van der Waals surface area contributed by atoms with Crippen molar-refractivity contribution in [2.24, 2.45) is 0 Å². The number of hydrogen-bond acceptors (Lipinski definition) is 2. The van der Waals surface area contributed by atoms with E-state index in [1.807, 2.05) is 6.92 Å². The number of carbonyl (C=O) groups excluding carboxylic acids is 1. The summed E-state index contributed by atoms with van der Waals surface area (Å²) in [7, 11) is 0. The first-order valence-electron chi connectivity index (χ1n) is 5.05. The highest BCUT2D eigenvalue weighted by atomic mass is 16.1. The Morgan fingerprint density at radius 3 is 2.47 bits per heavy atom. The van der Waals surface area contributed by atoms with Crippen molar-refractivity contribution in [3.63, 3.8) is 0 Å². The van der Waals surface area contributed by atoms with Crippen LogP contribution in [0.4, 0.5) is 5.82 Å². The fraction of sp³-hybridized carbons (Fsp3) is 0.500. The number of aryl methyl sites for hydroxylation is 1. The van der Waals surface area contributed by atoms with Crippen molar-refractivity contribution >= 4 is 11.7 Å². The molecule has 0 saturated heterocycles. The smallest absolute Gasteiger partial charge is 0.222 e. The summed E-state index contributed by atoms with van der Waals surface area (Å²) in [4.78, 5) is 15.3. The largest absolute Gasteiger partial charge is 0.311 e. The van der Waals surface area contributed by atoms with Gasteiger partial charge < -0.3 is 5.32 Å². The predicted octanol–water partition coefficient (Wildman–Crippen LogP) is 2.65. The highest BCUT2D eigenvalue weighted by Gasteiger charge is 2.19. The van der Waals surface area contributed by atoms with Gasteiger partial charge in [0, 0.05) is 18.7 Å². The van der Waals surface area contributed by atoms with Crippen LogP contribution in [0.15, 0.2) is 12.3 Å². The molecule has 0 unspecified atom stereocenters. The molecule has 1 amide bonds. The van der Waals surface area contributed by atoms with Gasteiger partial charge in [-0.25, -0.2) is 4.98 Å². The zero-order chi connectivity index (χ0) is 11.6. The molecule has 1 N–H and O–H groups in total. The Morgan fingerprint density at radius 2 is 2.00 bits per heavy atom. The van der Waals surface area contributed by atoms with Crippen LogP contribution in [-0.4, -0.2) is 10.9 Å². The van der Waals surface area contributed by atoms with E-state index in [-0.39, 0.29) is 11.3 Å². The van der Waals surface area contributed by atoms with Gasteiger partial charge in [0.1, 0.15) is 5.82 Å². The molecule has 0 bridgehead atoms. The Bertz CT molecular complexity index is 378. The van der Waals surface area contributed by atoms with Crippen molar-refractivity contribution < 1.29 is 4.79 Å². The van der Waals surface area contributed by atoms with Gasteiger partial charge in [0.25, 0.3) is 0 Å². The molecule has 1 aromatic rings. The lowest BCUT2D eigenvalue weighted by molar-refractivity contribution is -0.114. The maximum absolute atomic E-state index is 11.0. The SMILES string of the molecule is CC(=O)Nc1ncc(C)cc1C(C)(C)C. The van der Waals surface area contributed by atoms with Crippen LogP contribution in [-0.2, 0) is 10.2 Å². The van der Waals surface area contributed by atoms with E-state index in [1.165, 1.54) is 6.92 Å². The summed E-state index contributed by atoms with van der Waals surface area (Å²) in [5.41, 5.74) is 2.16. The van der Waals surface area contributed by atoms with Gasteiger partial charge in [-0.05, 0) is 17.9 Å². The van der Waals surface area contributed by atoms with Crippen LogP contribution in [0.25, 0.3) is 0 Å². The number of anilines is 1. The summed E-state index contributed by atoms with van der Waals surface area (Å²) in [6.45, 7) is 9.81. The lowest BCUT2D eigenvalue weighted by Crippen LogP contribution is -2.18. The fourth-order valence-corrected chi connectivity index (χ4v) is 1.41. The number of amides is 1. The summed E-state index contributed by atoms with van der Waals surface area (Å²) >= 11 is 0. The number of hydrogen-bond donors (Lipinski definition) is 1. The van der Waals surface area contributed by atoms with E-state index in [9.17, 15) is 4.79 Å². The molecule has 0 saturated carbocycles. The van der Waals surface area contributed by atoms with Gasteiger partial charge in [0.2, 0.25) is 5.91 Å². The van der Waals surface area contributed by atoms with E-state index in [2.05, 4.69) is 37.1 Å². The van der Waals surface area contributed by atoms with Crippen molar-refractivity contribution in [3.05, 3.63) is 23.4 Å². The molecule has 15 heavy (non-hydrogen) atoms. The molecule has 3 nitrogen and oxygen atoms in total. The van der Waals surface area contributed by atoms with Crippen LogP contribution in [0.1, 0.15) is 38.8 Å². The van der Waals surface area contributed by atoms with E-state index in [0.29, 0.717) is 5.82 Å². The maximum atomic E-state index is 11.0. The zero-order valence-corrected chi connectivity index (χ0v) is 10.0. The van der Waals surface area contributed by atoms with Crippen LogP contribution >= 0.6 is 0 Å². The first kappa shape index (κ1) is 11.7. The molecule has 1 rings (SSSR count). The van der Waals surface area contributed by atoms with Gasteiger partial charge in [-0.15, -0.1) is 0 Å². The molecule has 0 atom stereocenters. The Kier molecular flexibility index (Phi) is 3.12. The van der Waals surface area contributed by atoms with Gasteiger partial charge in [-0.3, -0.25) is 4.79 Å². The Hall–Kier alpha value is -1.38. The Labute approximate surface area is 90.9 Å². The lowest BCUT2D eigenvalue weighted by Gasteiger charge is -2.22. The monoisotopic (exact) mass is 206 g/mol. The lowest BCUT2D eigenvalue weighted by atomic mass is 9.86. The highest BCUT2D eigenvalue weighted by molar-refractivity contribution is 5.88. The van der Waals surface area contributed by atoms with Gasteiger partial charge in [0.15, 0.2) is 0 Å². The van der Waals surface area contributed by atoms with Crippen molar-refractivity contribution in [2.75, 3.05) is 5.32 Å². The number of pyridine rings is 1. The summed E-state index contributed by atoms with van der Waals surface area (Å²) < 4.78 is 0. The molecule has 3 heteroatoms. The highest BCUT2D eigenvalue weighted by Crippen LogP contribution is 2.28. The standard InChI is InChI=1S/C12H18N2O/c1-8-6-10(12(3,4)5)11(13-7-8)14-9(2)15/h6-7H,1-5H3,(H,13,14,15). The van der Waals surface area contributed by atoms with Gasteiger partial charge in [-0.1, -0.05) is 26.8 Å². The van der Waals surface area contributed by atoms with E-state index in [0.717, 1.165) is 11.1 Å². The predicted molar refractivity (Wildman–Crippen MR) is 62.0 cm³/mol. The summed E-state index contributed by atoms with van der Waals surface area (Å²) in [5.74, 6) is 0.581. The molecule has 0 spiro atoms. The van der Waals surface area contributed by atoms with Crippen LogP contribution in [0.3, 0.4) is 0 Å². The minimum absolute atomic E-state index is 0.0171. The average Bonchev–Trinajstić information content (AvgIpc) is 2.05. The third-order valence-electron chi connectivity index (χ3n) is 2.13. The van der Waals surface area contributed by atoms with Gasteiger partial charge in [0.05, 0.1) is 0 Å². The van der Waals surface area contributed by atoms with Crippen LogP contribution in [0, 0.1) is 6.92 Å². The first-order valence-corrected chi connectivity index (χ1v) is 5.05. The van der Waals surface area contributed by atoms with Crippen LogP contribution in [0.5, 0.6) is 0 Å².